The van der Waals surface area contributed by atoms with Crippen molar-refractivity contribution in [2.45, 2.75) is 24.2 Å². The van der Waals surface area contributed by atoms with E-state index in [1.54, 1.807) is 13.0 Å². The molecule has 0 atom stereocenters. The third-order valence-corrected chi connectivity index (χ3v) is 6.90. The van der Waals surface area contributed by atoms with Crippen molar-refractivity contribution in [2.75, 3.05) is 31.1 Å². The Hall–Kier alpha value is -1.80. The molecule has 6 nitrogen and oxygen atoms in total. The van der Waals surface area contributed by atoms with E-state index in [2.05, 4.69) is 10.2 Å². The Morgan fingerprint density at radius 2 is 1.93 bits per heavy atom. The standard InChI is InChI=1S/C19H21ClN2O4S/c1-12-6-13(10-23)7-17-18(12)26-19-14(11-27(17,24)25)8-15(9-16(19)20)22-4-2-21-3-5-22/h6-9,21,23H,2-5,10-11H2,1H3. The Bertz CT molecular complexity index is 1000. The second-order valence-corrected chi connectivity index (χ2v) is 9.28. The summed E-state index contributed by atoms with van der Waals surface area (Å²) < 4.78 is 32.1. The van der Waals surface area contributed by atoms with E-state index in [0.29, 0.717) is 27.5 Å². The zero-order valence-electron chi connectivity index (χ0n) is 15.0. The number of halogens is 1. The first-order valence-corrected chi connectivity index (χ1v) is 10.8. The molecule has 2 aromatic carbocycles. The number of aliphatic hydroxyl groups is 1. The van der Waals surface area contributed by atoms with Crippen LogP contribution in [0.15, 0.2) is 29.2 Å². The Balaban J connectivity index is 1.84. The van der Waals surface area contributed by atoms with E-state index in [1.165, 1.54) is 6.07 Å². The van der Waals surface area contributed by atoms with Gasteiger partial charge in [0.05, 0.1) is 17.4 Å². The van der Waals surface area contributed by atoms with Gasteiger partial charge in [0, 0.05) is 37.4 Å². The third-order valence-electron chi connectivity index (χ3n) is 4.96. The summed E-state index contributed by atoms with van der Waals surface area (Å²) in [4.78, 5) is 2.28. The number of anilines is 1. The maximum Gasteiger partial charge on any atom is 0.186 e. The molecule has 2 N–H and O–H groups in total. The highest BCUT2D eigenvalue weighted by atomic mass is 35.5. The highest BCUT2D eigenvalue weighted by Gasteiger charge is 2.30. The SMILES string of the molecule is Cc1cc(CO)cc2c1Oc1c(Cl)cc(N3CCNCC3)cc1CS2(=O)=O. The minimum atomic E-state index is -3.64. The van der Waals surface area contributed by atoms with E-state index in [9.17, 15) is 13.5 Å². The van der Waals surface area contributed by atoms with Crippen LogP contribution >= 0.6 is 11.6 Å². The van der Waals surface area contributed by atoms with E-state index in [-0.39, 0.29) is 23.0 Å². The maximum absolute atomic E-state index is 13.0. The fourth-order valence-corrected chi connectivity index (χ4v) is 5.48. The fourth-order valence-electron chi connectivity index (χ4n) is 3.61. The number of nitrogens with zero attached hydrogens (tertiary/aromatic N) is 1. The summed E-state index contributed by atoms with van der Waals surface area (Å²) in [6, 6.07) is 6.90. The van der Waals surface area contributed by atoms with Crippen LogP contribution in [0.5, 0.6) is 11.5 Å². The molecule has 0 radical (unpaired) electrons. The molecule has 0 unspecified atom stereocenters. The van der Waals surface area contributed by atoms with Gasteiger partial charge in [0.15, 0.2) is 9.84 Å². The first-order valence-electron chi connectivity index (χ1n) is 8.82. The van der Waals surface area contributed by atoms with Gasteiger partial charge in [-0.2, -0.15) is 0 Å². The fraction of sp³-hybridized carbons (Fsp3) is 0.368. The van der Waals surface area contributed by atoms with Crippen LogP contribution in [-0.2, 0) is 22.2 Å². The van der Waals surface area contributed by atoms with Gasteiger partial charge in [-0.25, -0.2) is 8.42 Å². The normalized spacial score (nSPS) is 18.3. The topological polar surface area (TPSA) is 78.9 Å². The van der Waals surface area contributed by atoms with E-state index in [1.807, 2.05) is 12.1 Å². The molecule has 0 amide bonds. The molecule has 2 heterocycles. The summed E-state index contributed by atoms with van der Waals surface area (Å²) in [6.07, 6.45) is 0. The lowest BCUT2D eigenvalue weighted by Gasteiger charge is -2.30. The molecule has 2 aliphatic rings. The van der Waals surface area contributed by atoms with Gasteiger partial charge in [-0.3, -0.25) is 0 Å². The van der Waals surface area contributed by atoms with Gasteiger partial charge in [0.1, 0.15) is 16.4 Å². The molecule has 0 bridgehead atoms. The number of aliphatic hydroxyl groups excluding tert-OH is 1. The van der Waals surface area contributed by atoms with Crippen LogP contribution in [0.2, 0.25) is 5.02 Å². The first kappa shape index (κ1) is 18.6. The van der Waals surface area contributed by atoms with Crippen molar-refractivity contribution in [1.82, 2.24) is 5.32 Å². The van der Waals surface area contributed by atoms with Crippen LogP contribution in [0.1, 0.15) is 16.7 Å². The van der Waals surface area contributed by atoms with Crippen molar-refractivity contribution in [1.29, 1.82) is 0 Å². The molecule has 2 aliphatic heterocycles. The van der Waals surface area contributed by atoms with Crippen molar-refractivity contribution in [3.05, 3.63) is 46.0 Å². The molecule has 0 aromatic heterocycles. The van der Waals surface area contributed by atoms with Gasteiger partial charge in [0.2, 0.25) is 0 Å². The molecular formula is C19H21ClN2O4S. The quantitative estimate of drug-likeness (QED) is 0.795. The van der Waals surface area contributed by atoms with Gasteiger partial charge in [0.25, 0.3) is 0 Å². The summed E-state index contributed by atoms with van der Waals surface area (Å²) in [6.45, 7) is 4.95. The smallest absolute Gasteiger partial charge is 0.186 e. The summed E-state index contributed by atoms with van der Waals surface area (Å²) in [5, 5.41) is 13.1. The van der Waals surface area contributed by atoms with Crippen molar-refractivity contribution >= 4 is 27.1 Å². The number of fused-ring (bicyclic) bond motifs is 2. The van der Waals surface area contributed by atoms with Crippen molar-refractivity contribution in [3.8, 4) is 11.5 Å². The van der Waals surface area contributed by atoms with Crippen molar-refractivity contribution in [2.24, 2.45) is 0 Å². The number of nitrogens with one attached hydrogen (secondary N) is 1. The lowest BCUT2D eigenvalue weighted by molar-refractivity contribution is 0.281. The molecule has 0 saturated carbocycles. The monoisotopic (exact) mass is 408 g/mol. The Labute approximate surface area is 163 Å². The molecule has 8 heteroatoms. The van der Waals surface area contributed by atoms with Gasteiger partial charge < -0.3 is 20.1 Å². The Morgan fingerprint density at radius 3 is 2.63 bits per heavy atom. The summed E-state index contributed by atoms with van der Waals surface area (Å²) in [7, 11) is -3.64. The van der Waals surface area contributed by atoms with Crippen LogP contribution in [0.4, 0.5) is 5.69 Å². The summed E-state index contributed by atoms with van der Waals surface area (Å²) in [5.41, 5.74) is 2.64. The second-order valence-electron chi connectivity index (χ2n) is 6.91. The highest BCUT2D eigenvalue weighted by Crippen LogP contribution is 2.45. The minimum Gasteiger partial charge on any atom is -0.454 e. The largest absolute Gasteiger partial charge is 0.454 e. The van der Waals surface area contributed by atoms with E-state index in [4.69, 9.17) is 16.3 Å². The lowest BCUT2D eigenvalue weighted by atomic mass is 10.1. The zero-order chi connectivity index (χ0) is 19.2. The average Bonchev–Trinajstić information content (AvgIpc) is 2.76. The molecule has 0 aliphatic carbocycles. The molecule has 1 fully saturated rings. The van der Waals surface area contributed by atoms with Crippen LogP contribution in [-0.4, -0.2) is 39.7 Å². The van der Waals surface area contributed by atoms with Crippen LogP contribution in [0, 0.1) is 6.92 Å². The molecule has 144 valence electrons. The molecular weight excluding hydrogens is 388 g/mol. The summed E-state index contributed by atoms with van der Waals surface area (Å²) >= 11 is 6.51. The Kier molecular flexibility index (Phi) is 4.80. The van der Waals surface area contributed by atoms with Gasteiger partial charge in [-0.1, -0.05) is 11.6 Å². The highest BCUT2D eigenvalue weighted by molar-refractivity contribution is 7.90. The molecule has 2 aromatic rings. The minimum absolute atomic E-state index is 0.0996. The van der Waals surface area contributed by atoms with Gasteiger partial charge in [-0.05, 0) is 42.3 Å². The molecule has 0 spiro atoms. The van der Waals surface area contributed by atoms with E-state index >= 15 is 0 Å². The number of ether oxygens (including phenoxy) is 1. The number of hydrogen-bond acceptors (Lipinski definition) is 6. The zero-order valence-corrected chi connectivity index (χ0v) is 16.5. The van der Waals surface area contributed by atoms with Crippen LogP contribution in [0.3, 0.4) is 0 Å². The number of piperazine rings is 1. The average molecular weight is 409 g/mol. The predicted octanol–water partition coefficient (Wildman–Crippen LogP) is 2.63. The number of rotatable bonds is 2. The molecule has 1 saturated heterocycles. The molecule has 27 heavy (non-hydrogen) atoms. The summed E-state index contributed by atoms with van der Waals surface area (Å²) in [5.74, 6) is 0.476. The predicted molar refractivity (Wildman–Crippen MR) is 105 cm³/mol. The first-order chi connectivity index (χ1) is 12.9. The third kappa shape index (κ3) is 3.40. The van der Waals surface area contributed by atoms with Crippen LogP contribution < -0.4 is 15.0 Å². The second kappa shape index (κ2) is 6.98. The van der Waals surface area contributed by atoms with E-state index in [0.717, 1.165) is 31.9 Å². The number of sulfone groups is 1. The number of hydrogen-bond donors (Lipinski definition) is 2. The number of aryl methyl sites for hydroxylation is 1. The lowest BCUT2D eigenvalue weighted by Crippen LogP contribution is -2.43. The molecule has 4 rings (SSSR count). The van der Waals surface area contributed by atoms with Gasteiger partial charge in [-0.15, -0.1) is 0 Å². The van der Waals surface area contributed by atoms with E-state index < -0.39 is 9.84 Å². The Morgan fingerprint density at radius 1 is 1.19 bits per heavy atom. The van der Waals surface area contributed by atoms with Crippen LogP contribution in [0.25, 0.3) is 0 Å². The number of benzene rings is 2. The maximum atomic E-state index is 13.0. The van der Waals surface area contributed by atoms with Gasteiger partial charge >= 0.3 is 0 Å². The van der Waals surface area contributed by atoms with Crippen molar-refractivity contribution < 1.29 is 18.3 Å². The van der Waals surface area contributed by atoms with Crippen molar-refractivity contribution in [3.63, 3.8) is 0 Å².